The van der Waals surface area contributed by atoms with Gasteiger partial charge in [0.2, 0.25) is 0 Å². The maximum Gasteiger partial charge on any atom is 0.125 e. The summed E-state index contributed by atoms with van der Waals surface area (Å²) in [5.41, 5.74) is 7.29. The number of nitrogen functional groups attached to an aromatic ring is 1. The Kier molecular flexibility index (Phi) is 8.59. The van der Waals surface area contributed by atoms with Crippen molar-refractivity contribution in [2.24, 2.45) is 0 Å². The van der Waals surface area contributed by atoms with Crippen molar-refractivity contribution in [1.29, 1.82) is 0 Å². The second-order valence-electron chi connectivity index (χ2n) is 4.13. The Bertz CT molecular complexity index is 354. The lowest BCUT2D eigenvalue weighted by atomic mass is 10.2. The molecule has 0 unspecified atom stereocenters. The lowest BCUT2D eigenvalue weighted by molar-refractivity contribution is 0.280. The number of benzene rings is 1. The molecule has 0 aliphatic rings. The van der Waals surface area contributed by atoms with Gasteiger partial charge >= 0.3 is 0 Å². The van der Waals surface area contributed by atoms with Crippen LogP contribution in [0.1, 0.15) is 25.8 Å². The van der Waals surface area contributed by atoms with E-state index in [0.29, 0.717) is 17.3 Å². The Morgan fingerprint density at radius 3 is 2.44 bits per heavy atom. The maximum absolute atomic E-state index is 6.01. The molecule has 1 aromatic rings. The van der Waals surface area contributed by atoms with Crippen LogP contribution in [0.3, 0.4) is 0 Å². The van der Waals surface area contributed by atoms with Crippen molar-refractivity contribution in [3.63, 3.8) is 0 Å². The van der Waals surface area contributed by atoms with Crippen LogP contribution in [-0.2, 0) is 0 Å². The molecule has 0 saturated heterocycles. The average Bonchev–Trinajstić information content (AvgIpc) is 2.32. The number of hydrogen-bond donors (Lipinski definition) is 1. The van der Waals surface area contributed by atoms with Gasteiger partial charge in [-0.3, -0.25) is 0 Å². The summed E-state index contributed by atoms with van der Waals surface area (Å²) in [7, 11) is 4.09. The minimum Gasteiger partial charge on any atom is -0.493 e. The molecular formula is C14H25ClN2O. The summed E-state index contributed by atoms with van der Waals surface area (Å²) in [5.74, 6) is 0.781. The van der Waals surface area contributed by atoms with Crippen LogP contribution in [0.4, 0.5) is 5.69 Å². The number of nitrogens with zero attached hydrogens (tertiary/aromatic N) is 1. The highest BCUT2D eigenvalue weighted by Crippen LogP contribution is 2.28. The third kappa shape index (κ3) is 6.12. The van der Waals surface area contributed by atoms with E-state index in [1.165, 1.54) is 0 Å². The molecule has 0 heterocycles. The Hall–Kier alpha value is -0.930. The fraction of sp³-hybridized carbons (Fsp3) is 0.571. The molecule has 0 bridgehead atoms. The van der Waals surface area contributed by atoms with Crippen molar-refractivity contribution < 1.29 is 4.74 Å². The molecule has 1 rings (SSSR count). The Balaban J connectivity index is 0.00000137. The van der Waals surface area contributed by atoms with Crippen LogP contribution in [0, 0.1) is 6.92 Å². The molecule has 3 nitrogen and oxygen atoms in total. The smallest absolute Gasteiger partial charge is 0.125 e. The van der Waals surface area contributed by atoms with Gasteiger partial charge in [-0.1, -0.05) is 25.4 Å². The number of halogens is 1. The first-order valence-electron chi connectivity index (χ1n) is 6.34. The van der Waals surface area contributed by atoms with E-state index in [1.807, 2.05) is 40.9 Å². The standard InChI is InChI=1S/C12H19ClN2O.C2H6/c1-9-11(13)7-10(14)8-12(9)16-6-4-5-15(2)3;1-2/h7-8H,4-6,14H2,1-3H3;1-2H3. The normalized spacial score (nSPS) is 9.94. The van der Waals surface area contributed by atoms with Gasteiger partial charge in [0, 0.05) is 28.9 Å². The molecule has 0 aliphatic heterocycles. The third-order valence-electron chi connectivity index (χ3n) is 2.33. The highest BCUT2D eigenvalue weighted by molar-refractivity contribution is 6.31. The van der Waals surface area contributed by atoms with Crippen LogP contribution in [0.2, 0.25) is 5.02 Å². The van der Waals surface area contributed by atoms with Gasteiger partial charge in [0.05, 0.1) is 6.61 Å². The second kappa shape index (κ2) is 9.06. The van der Waals surface area contributed by atoms with Gasteiger partial charge in [-0.05, 0) is 33.5 Å². The van der Waals surface area contributed by atoms with Crippen LogP contribution in [0.25, 0.3) is 0 Å². The fourth-order valence-corrected chi connectivity index (χ4v) is 1.61. The molecule has 1 aromatic carbocycles. The fourth-order valence-electron chi connectivity index (χ4n) is 1.39. The quantitative estimate of drug-likeness (QED) is 0.658. The molecule has 0 amide bonds. The van der Waals surface area contributed by atoms with E-state index in [-0.39, 0.29) is 0 Å². The van der Waals surface area contributed by atoms with E-state index >= 15 is 0 Å². The summed E-state index contributed by atoms with van der Waals surface area (Å²) < 4.78 is 5.66. The van der Waals surface area contributed by atoms with Gasteiger partial charge in [-0.15, -0.1) is 0 Å². The van der Waals surface area contributed by atoms with E-state index in [9.17, 15) is 0 Å². The lowest BCUT2D eigenvalue weighted by Gasteiger charge is -2.13. The van der Waals surface area contributed by atoms with Gasteiger partial charge in [-0.25, -0.2) is 0 Å². The first kappa shape index (κ1) is 17.1. The van der Waals surface area contributed by atoms with Crippen LogP contribution >= 0.6 is 11.6 Å². The van der Waals surface area contributed by atoms with Crippen LogP contribution in [-0.4, -0.2) is 32.1 Å². The zero-order valence-electron chi connectivity index (χ0n) is 12.1. The van der Waals surface area contributed by atoms with Gasteiger partial charge < -0.3 is 15.4 Å². The minimum atomic E-state index is 0.637. The van der Waals surface area contributed by atoms with E-state index in [4.69, 9.17) is 22.1 Å². The minimum absolute atomic E-state index is 0.637. The van der Waals surface area contributed by atoms with Gasteiger partial charge in [0.1, 0.15) is 5.75 Å². The van der Waals surface area contributed by atoms with Crippen molar-refractivity contribution in [3.05, 3.63) is 22.7 Å². The van der Waals surface area contributed by atoms with Crippen molar-refractivity contribution in [1.82, 2.24) is 4.90 Å². The second-order valence-corrected chi connectivity index (χ2v) is 4.54. The first-order valence-corrected chi connectivity index (χ1v) is 6.71. The number of anilines is 1. The van der Waals surface area contributed by atoms with Crippen molar-refractivity contribution in [3.8, 4) is 5.75 Å². The van der Waals surface area contributed by atoms with Gasteiger partial charge in [0.15, 0.2) is 0 Å². The summed E-state index contributed by atoms with van der Waals surface area (Å²) in [6.45, 7) is 7.62. The largest absolute Gasteiger partial charge is 0.493 e. The summed E-state index contributed by atoms with van der Waals surface area (Å²) >= 11 is 6.01. The van der Waals surface area contributed by atoms with Crippen LogP contribution in [0.5, 0.6) is 5.75 Å². The predicted molar refractivity (Wildman–Crippen MR) is 80.6 cm³/mol. The first-order chi connectivity index (χ1) is 8.50. The molecule has 0 aliphatic carbocycles. The molecular weight excluding hydrogens is 248 g/mol. The van der Waals surface area contributed by atoms with E-state index in [2.05, 4.69) is 4.90 Å². The Labute approximate surface area is 116 Å². The molecule has 0 spiro atoms. The molecule has 0 fully saturated rings. The van der Waals surface area contributed by atoms with Crippen molar-refractivity contribution >= 4 is 17.3 Å². The molecule has 0 atom stereocenters. The van der Waals surface area contributed by atoms with Gasteiger partial charge in [0.25, 0.3) is 0 Å². The van der Waals surface area contributed by atoms with E-state index < -0.39 is 0 Å². The van der Waals surface area contributed by atoms with Crippen molar-refractivity contribution in [2.45, 2.75) is 27.2 Å². The van der Waals surface area contributed by atoms with Crippen molar-refractivity contribution in [2.75, 3.05) is 33.0 Å². The lowest BCUT2D eigenvalue weighted by Crippen LogP contribution is -2.15. The molecule has 0 aromatic heterocycles. The number of nitrogens with two attached hydrogens (primary N) is 1. The van der Waals surface area contributed by atoms with Crippen LogP contribution < -0.4 is 10.5 Å². The SMILES string of the molecule is CC.Cc1c(Cl)cc(N)cc1OCCCN(C)C. The molecule has 18 heavy (non-hydrogen) atoms. The monoisotopic (exact) mass is 272 g/mol. The van der Waals surface area contributed by atoms with Crippen LogP contribution in [0.15, 0.2) is 12.1 Å². The van der Waals surface area contributed by atoms with E-state index in [1.54, 1.807) is 6.07 Å². The molecule has 0 saturated carbocycles. The Morgan fingerprint density at radius 2 is 1.89 bits per heavy atom. The molecule has 0 radical (unpaired) electrons. The Morgan fingerprint density at radius 1 is 1.28 bits per heavy atom. The number of hydrogen-bond acceptors (Lipinski definition) is 3. The van der Waals surface area contributed by atoms with Gasteiger partial charge in [-0.2, -0.15) is 0 Å². The number of rotatable bonds is 5. The average molecular weight is 273 g/mol. The number of ether oxygens (including phenoxy) is 1. The predicted octanol–water partition coefficient (Wildman–Crippen LogP) is 3.59. The highest BCUT2D eigenvalue weighted by atomic mass is 35.5. The zero-order chi connectivity index (χ0) is 14.1. The molecule has 104 valence electrons. The summed E-state index contributed by atoms with van der Waals surface area (Å²) in [6.07, 6.45) is 0.985. The third-order valence-corrected chi connectivity index (χ3v) is 2.72. The summed E-state index contributed by atoms with van der Waals surface area (Å²) in [6, 6.07) is 3.56. The highest BCUT2D eigenvalue weighted by Gasteiger charge is 2.05. The molecule has 4 heteroatoms. The van der Waals surface area contributed by atoms with E-state index in [0.717, 1.165) is 24.3 Å². The molecule has 2 N–H and O–H groups in total. The maximum atomic E-state index is 6.01. The topological polar surface area (TPSA) is 38.5 Å². The summed E-state index contributed by atoms with van der Waals surface area (Å²) in [5, 5.41) is 0.655. The summed E-state index contributed by atoms with van der Waals surface area (Å²) in [4.78, 5) is 2.13. The zero-order valence-corrected chi connectivity index (χ0v) is 12.8.